The number of aliphatic carboxylic acids is 1. The molecule has 0 radical (unpaired) electrons. The first-order chi connectivity index (χ1) is 13.6. The number of carboxylic acid groups (broad SMARTS) is 1. The maximum absolute atomic E-state index is 13.0. The molecular weight excluding hydrogens is 352 g/mol. The van der Waals surface area contributed by atoms with E-state index in [0.717, 1.165) is 27.2 Å². The number of aromatic nitrogens is 1. The number of carboxylic acids is 1. The zero-order valence-corrected chi connectivity index (χ0v) is 15.3. The van der Waals surface area contributed by atoms with Gasteiger partial charge in [0.25, 0.3) is 5.91 Å². The minimum atomic E-state index is -1.02. The van der Waals surface area contributed by atoms with Gasteiger partial charge >= 0.3 is 5.97 Å². The number of amides is 1. The lowest BCUT2D eigenvalue weighted by molar-refractivity contribution is -0.137. The van der Waals surface area contributed by atoms with Crippen molar-refractivity contribution in [2.75, 3.05) is 13.1 Å². The van der Waals surface area contributed by atoms with E-state index in [2.05, 4.69) is 4.98 Å². The average molecular weight is 372 g/mol. The van der Waals surface area contributed by atoms with Crippen molar-refractivity contribution < 1.29 is 14.7 Å². The molecule has 140 valence electrons. The van der Waals surface area contributed by atoms with Crippen LogP contribution in [0.2, 0.25) is 0 Å². The summed E-state index contributed by atoms with van der Waals surface area (Å²) < 4.78 is 0. The van der Waals surface area contributed by atoms with Gasteiger partial charge in [0.05, 0.1) is 0 Å². The molecule has 3 aromatic carbocycles. The first-order valence-corrected chi connectivity index (χ1v) is 9.17. The van der Waals surface area contributed by atoms with Gasteiger partial charge in [-0.3, -0.25) is 9.59 Å². The normalized spacial score (nSPS) is 11.0. The Balaban J connectivity index is 1.57. The predicted octanol–water partition coefficient (Wildman–Crippen LogP) is 4.09. The molecule has 4 rings (SSSR count). The molecule has 5 heteroatoms. The third kappa shape index (κ3) is 3.60. The van der Waals surface area contributed by atoms with Crippen LogP contribution < -0.4 is 0 Å². The quantitative estimate of drug-likeness (QED) is 0.535. The van der Waals surface area contributed by atoms with Gasteiger partial charge in [-0.25, -0.2) is 0 Å². The number of carbonyl (C=O) groups is 2. The number of rotatable bonds is 6. The molecule has 1 aromatic heterocycles. The minimum Gasteiger partial charge on any atom is -0.480 e. The molecule has 0 aliphatic carbocycles. The predicted molar refractivity (Wildman–Crippen MR) is 109 cm³/mol. The summed E-state index contributed by atoms with van der Waals surface area (Å²) in [7, 11) is 0. The largest absolute Gasteiger partial charge is 0.480 e. The van der Waals surface area contributed by atoms with Crippen molar-refractivity contribution in [2.24, 2.45) is 0 Å². The van der Waals surface area contributed by atoms with Crippen LogP contribution in [-0.2, 0) is 11.2 Å². The van der Waals surface area contributed by atoms with Gasteiger partial charge in [0.2, 0.25) is 0 Å². The Labute approximate surface area is 162 Å². The first-order valence-electron chi connectivity index (χ1n) is 9.17. The zero-order chi connectivity index (χ0) is 19.5. The molecular formula is C23H20N2O3. The Bertz CT molecular complexity index is 1160. The highest BCUT2D eigenvalue weighted by atomic mass is 16.4. The van der Waals surface area contributed by atoms with E-state index in [1.54, 1.807) is 6.07 Å². The van der Waals surface area contributed by atoms with Crippen LogP contribution in [-0.4, -0.2) is 40.0 Å². The molecule has 4 aromatic rings. The van der Waals surface area contributed by atoms with E-state index in [4.69, 9.17) is 0 Å². The summed E-state index contributed by atoms with van der Waals surface area (Å²) in [6.07, 6.45) is 2.50. The lowest BCUT2D eigenvalue weighted by atomic mass is 10.1. The first kappa shape index (κ1) is 17.8. The van der Waals surface area contributed by atoms with E-state index < -0.39 is 5.97 Å². The molecule has 0 aliphatic rings. The van der Waals surface area contributed by atoms with Gasteiger partial charge in [-0.15, -0.1) is 0 Å². The number of hydrogen-bond donors (Lipinski definition) is 2. The summed E-state index contributed by atoms with van der Waals surface area (Å²) in [5, 5.41) is 12.4. The van der Waals surface area contributed by atoms with Gasteiger partial charge in [0.1, 0.15) is 6.54 Å². The van der Waals surface area contributed by atoms with Gasteiger partial charge in [0.15, 0.2) is 0 Å². The van der Waals surface area contributed by atoms with Crippen molar-refractivity contribution in [1.29, 1.82) is 0 Å². The number of nitrogens with zero attached hydrogens (tertiary/aromatic N) is 1. The summed E-state index contributed by atoms with van der Waals surface area (Å²) in [6.45, 7) is 0.00776. The van der Waals surface area contributed by atoms with Crippen LogP contribution in [0.25, 0.3) is 21.7 Å². The molecule has 0 bridgehead atoms. The van der Waals surface area contributed by atoms with Crippen LogP contribution in [0.15, 0.2) is 72.9 Å². The van der Waals surface area contributed by atoms with Crippen molar-refractivity contribution in [3.63, 3.8) is 0 Å². The molecule has 0 aliphatic heterocycles. The Kier molecular flexibility index (Phi) is 4.81. The second-order valence-electron chi connectivity index (χ2n) is 6.79. The molecule has 2 N–H and O–H groups in total. The topological polar surface area (TPSA) is 73.4 Å². The Morgan fingerprint density at radius 2 is 1.68 bits per heavy atom. The Hall–Kier alpha value is -3.60. The number of aromatic amines is 1. The van der Waals surface area contributed by atoms with Crippen LogP contribution in [0.5, 0.6) is 0 Å². The third-order valence-electron chi connectivity index (χ3n) is 4.94. The molecule has 1 heterocycles. The fourth-order valence-electron chi connectivity index (χ4n) is 3.51. The lowest BCUT2D eigenvalue weighted by Gasteiger charge is -2.21. The van der Waals surface area contributed by atoms with E-state index in [0.29, 0.717) is 18.5 Å². The number of fused-ring (bicyclic) bond motifs is 2. The maximum Gasteiger partial charge on any atom is 0.323 e. The third-order valence-corrected chi connectivity index (χ3v) is 4.94. The number of para-hydroxylation sites is 1. The number of hydrogen-bond acceptors (Lipinski definition) is 2. The molecule has 5 nitrogen and oxygen atoms in total. The van der Waals surface area contributed by atoms with E-state index in [-0.39, 0.29) is 12.5 Å². The summed E-state index contributed by atoms with van der Waals surface area (Å²) in [6, 6.07) is 21.2. The van der Waals surface area contributed by atoms with Crippen molar-refractivity contribution in [3.05, 3.63) is 84.1 Å². The van der Waals surface area contributed by atoms with Crippen molar-refractivity contribution in [2.45, 2.75) is 6.42 Å². The minimum absolute atomic E-state index is 0.270. The van der Waals surface area contributed by atoms with E-state index >= 15 is 0 Å². The van der Waals surface area contributed by atoms with Crippen LogP contribution in [0.1, 0.15) is 15.9 Å². The molecule has 28 heavy (non-hydrogen) atoms. The molecule has 0 saturated carbocycles. The highest BCUT2D eigenvalue weighted by molar-refractivity contribution is 5.99. The zero-order valence-electron chi connectivity index (χ0n) is 15.3. The Morgan fingerprint density at radius 1 is 0.929 bits per heavy atom. The summed E-state index contributed by atoms with van der Waals surface area (Å²) in [5.41, 5.74) is 2.60. The van der Waals surface area contributed by atoms with Crippen molar-refractivity contribution in [3.8, 4) is 0 Å². The van der Waals surface area contributed by atoms with Crippen LogP contribution in [0, 0.1) is 0 Å². The summed E-state index contributed by atoms with van der Waals surface area (Å²) in [5.74, 6) is -1.29. The lowest BCUT2D eigenvalue weighted by Crippen LogP contribution is -2.37. The number of nitrogens with one attached hydrogen (secondary N) is 1. The van der Waals surface area contributed by atoms with Crippen LogP contribution in [0.3, 0.4) is 0 Å². The van der Waals surface area contributed by atoms with E-state index in [1.165, 1.54) is 4.90 Å². The van der Waals surface area contributed by atoms with E-state index in [1.807, 2.05) is 66.9 Å². The Morgan fingerprint density at radius 3 is 2.50 bits per heavy atom. The highest BCUT2D eigenvalue weighted by Gasteiger charge is 2.19. The van der Waals surface area contributed by atoms with Gasteiger partial charge in [0, 0.05) is 29.2 Å². The van der Waals surface area contributed by atoms with Crippen LogP contribution in [0.4, 0.5) is 0 Å². The number of H-pyrrole nitrogens is 1. The summed E-state index contributed by atoms with van der Waals surface area (Å²) >= 11 is 0. The van der Waals surface area contributed by atoms with Gasteiger partial charge < -0.3 is 15.0 Å². The van der Waals surface area contributed by atoms with Crippen molar-refractivity contribution >= 4 is 33.6 Å². The molecule has 0 spiro atoms. The summed E-state index contributed by atoms with van der Waals surface area (Å²) in [4.78, 5) is 28.9. The maximum atomic E-state index is 13.0. The molecule has 1 amide bonds. The van der Waals surface area contributed by atoms with Crippen LogP contribution >= 0.6 is 0 Å². The number of benzene rings is 3. The standard InChI is InChI=1S/C23H20N2O3/c26-22(27)15-25(12-11-19-14-24-21-8-4-3-7-20(19)21)23(28)18-10-9-16-5-1-2-6-17(16)13-18/h1-10,13-14,24H,11-12,15H2,(H,26,27). The molecule has 0 fully saturated rings. The van der Waals surface area contributed by atoms with Gasteiger partial charge in [-0.1, -0.05) is 48.5 Å². The number of carbonyl (C=O) groups excluding carboxylic acids is 1. The molecule has 0 unspecified atom stereocenters. The SMILES string of the molecule is O=C(O)CN(CCc1c[nH]c2ccccc12)C(=O)c1ccc2ccccc2c1. The fourth-order valence-corrected chi connectivity index (χ4v) is 3.51. The van der Waals surface area contributed by atoms with Crippen molar-refractivity contribution in [1.82, 2.24) is 9.88 Å². The monoisotopic (exact) mass is 372 g/mol. The second kappa shape index (κ2) is 7.56. The molecule has 0 saturated heterocycles. The average Bonchev–Trinajstić information content (AvgIpc) is 3.13. The smallest absolute Gasteiger partial charge is 0.323 e. The fraction of sp³-hybridized carbons (Fsp3) is 0.130. The van der Waals surface area contributed by atoms with Gasteiger partial charge in [-0.05, 0) is 41.0 Å². The van der Waals surface area contributed by atoms with Gasteiger partial charge in [-0.2, -0.15) is 0 Å². The second-order valence-corrected chi connectivity index (χ2v) is 6.79. The van der Waals surface area contributed by atoms with E-state index in [9.17, 15) is 14.7 Å². The highest BCUT2D eigenvalue weighted by Crippen LogP contribution is 2.20. The molecule has 0 atom stereocenters.